The summed E-state index contributed by atoms with van der Waals surface area (Å²) in [6.45, 7) is 0.627. The lowest BCUT2D eigenvalue weighted by Gasteiger charge is -1.98. The van der Waals surface area contributed by atoms with Crippen LogP contribution in [0.3, 0.4) is 0 Å². The lowest BCUT2D eigenvalue weighted by molar-refractivity contribution is 0.439. The smallest absolute Gasteiger partial charge is 0.133 e. The number of aliphatic hydroxyl groups is 1. The Morgan fingerprint density at radius 1 is 1.86 bits per heavy atom. The number of nitrogens with zero attached hydrogens (tertiary/aromatic N) is 1. The minimum absolute atomic E-state index is 0.235. The summed E-state index contributed by atoms with van der Waals surface area (Å²) >= 11 is 0. The second kappa shape index (κ2) is 1.64. The molecular weight excluding hydrogens is 92.1 g/mol. The van der Waals surface area contributed by atoms with Gasteiger partial charge in [-0.1, -0.05) is 0 Å². The van der Waals surface area contributed by atoms with Crippen LogP contribution in [0.1, 0.15) is 0 Å². The van der Waals surface area contributed by atoms with Gasteiger partial charge in [0, 0.05) is 0 Å². The number of rotatable bonds is 0. The average Bonchev–Trinajstić information content (AvgIpc) is 1.69. The molecule has 0 atom stereocenters. The first kappa shape index (κ1) is 4.18. The van der Waals surface area contributed by atoms with E-state index < -0.39 is 0 Å². The molecule has 0 bridgehead atoms. The van der Waals surface area contributed by atoms with Gasteiger partial charge >= 0.3 is 0 Å². The summed E-state index contributed by atoms with van der Waals surface area (Å²) in [5.74, 6) is 0.235. The van der Waals surface area contributed by atoms with Crippen molar-refractivity contribution in [1.29, 1.82) is 0 Å². The van der Waals surface area contributed by atoms with Crippen molar-refractivity contribution in [2.75, 3.05) is 6.54 Å². The standard InChI is InChI=1S/C4H6N2O/c7-4-1-2-5-6-3-4/h1,3,5,7H,2H2. The van der Waals surface area contributed by atoms with Crippen molar-refractivity contribution in [3.05, 3.63) is 11.8 Å². The second-order valence-corrected chi connectivity index (χ2v) is 1.25. The third-order valence-electron chi connectivity index (χ3n) is 0.691. The zero-order chi connectivity index (χ0) is 5.11. The largest absolute Gasteiger partial charge is 0.507 e. The van der Waals surface area contributed by atoms with Crippen LogP contribution in [0.2, 0.25) is 0 Å². The van der Waals surface area contributed by atoms with Gasteiger partial charge in [-0.15, -0.1) is 0 Å². The first-order chi connectivity index (χ1) is 3.39. The zero-order valence-corrected chi connectivity index (χ0v) is 3.76. The number of hydrogen-bond donors (Lipinski definition) is 2. The highest BCUT2D eigenvalue weighted by Crippen LogP contribution is 1.84. The van der Waals surface area contributed by atoms with Crippen LogP contribution in [0, 0.1) is 0 Å². The molecule has 1 heterocycles. The molecule has 0 amide bonds. The summed E-state index contributed by atoms with van der Waals surface area (Å²) in [5.41, 5.74) is 2.65. The van der Waals surface area contributed by atoms with E-state index in [1.165, 1.54) is 6.21 Å². The van der Waals surface area contributed by atoms with Crippen molar-refractivity contribution in [3.63, 3.8) is 0 Å². The molecule has 0 unspecified atom stereocenters. The topological polar surface area (TPSA) is 44.6 Å². The van der Waals surface area contributed by atoms with Gasteiger partial charge in [-0.25, -0.2) is 0 Å². The van der Waals surface area contributed by atoms with E-state index in [-0.39, 0.29) is 5.76 Å². The first-order valence-electron chi connectivity index (χ1n) is 2.04. The third-order valence-corrected chi connectivity index (χ3v) is 0.691. The fraction of sp³-hybridized carbons (Fsp3) is 0.250. The van der Waals surface area contributed by atoms with E-state index in [9.17, 15) is 0 Å². The first-order valence-corrected chi connectivity index (χ1v) is 2.04. The lowest BCUT2D eigenvalue weighted by Crippen LogP contribution is -2.10. The summed E-state index contributed by atoms with van der Waals surface area (Å²) in [6, 6.07) is 0. The summed E-state index contributed by atoms with van der Waals surface area (Å²) < 4.78 is 0. The SMILES string of the molecule is OC1=CCNN=C1. The molecule has 3 heteroatoms. The molecule has 38 valence electrons. The Morgan fingerprint density at radius 2 is 2.71 bits per heavy atom. The Kier molecular flexibility index (Phi) is 0.978. The van der Waals surface area contributed by atoms with Gasteiger partial charge in [-0.3, -0.25) is 0 Å². The molecule has 0 saturated carbocycles. The Bertz CT molecular complexity index is 117. The van der Waals surface area contributed by atoms with E-state index >= 15 is 0 Å². The van der Waals surface area contributed by atoms with Gasteiger partial charge in [-0.05, 0) is 6.08 Å². The second-order valence-electron chi connectivity index (χ2n) is 1.25. The zero-order valence-electron chi connectivity index (χ0n) is 3.76. The van der Waals surface area contributed by atoms with Gasteiger partial charge in [0.1, 0.15) is 5.76 Å². The van der Waals surface area contributed by atoms with Crippen LogP contribution in [0.25, 0.3) is 0 Å². The maximum absolute atomic E-state index is 8.58. The molecule has 7 heavy (non-hydrogen) atoms. The van der Waals surface area contributed by atoms with E-state index in [2.05, 4.69) is 10.5 Å². The molecule has 0 radical (unpaired) electrons. The fourth-order valence-electron chi connectivity index (χ4n) is 0.367. The highest BCUT2D eigenvalue weighted by molar-refractivity contribution is 5.75. The molecule has 2 N–H and O–H groups in total. The van der Waals surface area contributed by atoms with E-state index in [0.29, 0.717) is 6.54 Å². The molecule has 0 fully saturated rings. The Balaban J connectivity index is 2.58. The Hall–Kier alpha value is -0.990. The van der Waals surface area contributed by atoms with Gasteiger partial charge < -0.3 is 10.5 Å². The minimum atomic E-state index is 0.235. The van der Waals surface area contributed by atoms with Crippen LogP contribution in [0.5, 0.6) is 0 Å². The number of aliphatic hydroxyl groups excluding tert-OH is 1. The molecule has 0 aromatic rings. The van der Waals surface area contributed by atoms with E-state index in [0.717, 1.165) is 0 Å². The van der Waals surface area contributed by atoms with Crippen molar-refractivity contribution >= 4 is 6.21 Å². The van der Waals surface area contributed by atoms with Gasteiger partial charge in [-0.2, -0.15) is 5.10 Å². The minimum Gasteiger partial charge on any atom is -0.507 e. The van der Waals surface area contributed by atoms with Crippen LogP contribution >= 0.6 is 0 Å². The quantitative estimate of drug-likeness (QED) is 0.448. The summed E-state index contributed by atoms with van der Waals surface area (Å²) in [4.78, 5) is 0. The van der Waals surface area contributed by atoms with Crippen molar-refractivity contribution in [1.82, 2.24) is 5.43 Å². The molecule has 0 aromatic heterocycles. The van der Waals surface area contributed by atoms with E-state index in [1.54, 1.807) is 6.08 Å². The number of allylic oxidation sites excluding steroid dienone is 1. The van der Waals surface area contributed by atoms with Crippen LogP contribution in [0.4, 0.5) is 0 Å². The number of nitrogens with one attached hydrogen (secondary N) is 1. The maximum Gasteiger partial charge on any atom is 0.133 e. The van der Waals surface area contributed by atoms with Gasteiger partial charge in [0.15, 0.2) is 0 Å². The van der Waals surface area contributed by atoms with E-state index in [1.807, 2.05) is 0 Å². The van der Waals surface area contributed by atoms with Crippen molar-refractivity contribution in [2.45, 2.75) is 0 Å². The highest BCUT2D eigenvalue weighted by Gasteiger charge is 1.88. The molecule has 3 nitrogen and oxygen atoms in total. The van der Waals surface area contributed by atoms with Crippen LogP contribution in [-0.4, -0.2) is 17.9 Å². The number of hydrogen-bond acceptors (Lipinski definition) is 3. The van der Waals surface area contributed by atoms with E-state index in [4.69, 9.17) is 5.11 Å². The molecule has 1 aliphatic rings. The average molecular weight is 98.1 g/mol. The van der Waals surface area contributed by atoms with Crippen molar-refractivity contribution < 1.29 is 5.11 Å². The van der Waals surface area contributed by atoms with Crippen LogP contribution < -0.4 is 5.43 Å². The maximum atomic E-state index is 8.58. The molecule has 0 aromatic carbocycles. The fourth-order valence-corrected chi connectivity index (χ4v) is 0.367. The molecule has 0 spiro atoms. The molecule has 0 aliphatic carbocycles. The monoisotopic (exact) mass is 98.0 g/mol. The van der Waals surface area contributed by atoms with Crippen molar-refractivity contribution in [2.24, 2.45) is 5.10 Å². The summed E-state index contributed by atoms with van der Waals surface area (Å²) in [7, 11) is 0. The van der Waals surface area contributed by atoms with Crippen LogP contribution in [-0.2, 0) is 0 Å². The Labute approximate surface area is 41.3 Å². The predicted octanol–water partition coefficient (Wildman–Crippen LogP) is 0.0173. The highest BCUT2D eigenvalue weighted by atomic mass is 16.3. The van der Waals surface area contributed by atoms with Gasteiger partial charge in [0.25, 0.3) is 0 Å². The van der Waals surface area contributed by atoms with Crippen molar-refractivity contribution in [3.8, 4) is 0 Å². The summed E-state index contributed by atoms with van der Waals surface area (Å²) in [5, 5.41) is 12.1. The predicted molar refractivity (Wildman–Crippen MR) is 27.2 cm³/mol. The molecular formula is C4H6N2O. The van der Waals surface area contributed by atoms with Crippen LogP contribution in [0.15, 0.2) is 16.9 Å². The molecule has 1 aliphatic heterocycles. The lowest BCUT2D eigenvalue weighted by atomic mass is 10.4. The normalized spacial score (nSPS) is 18.0. The number of hydrazone groups is 1. The third kappa shape index (κ3) is 0.924. The van der Waals surface area contributed by atoms with Gasteiger partial charge in [0.05, 0.1) is 12.8 Å². The summed E-state index contributed by atoms with van der Waals surface area (Å²) in [6.07, 6.45) is 3.01. The molecule has 1 rings (SSSR count). The molecule has 0 saturated heterocycles. The van der Waals surface area contributed by atoms with Gasteiger partial charge in [0.2, 0.25) is 0 Å². The Morgan fingerprint density at radius 3 is 3.00 bits per heavy atom.